The van der Waals surface area contributed by atoms with Crippen molar-refractivity contribution in [3.63, 3.8) is 0 Å². The highest BCUT2D eigenvalue weighted by molar-refractivity contribution is 7.14. The van der Waals surface area contributed by atoms with Crippen LogP contribution in [0.2, 0.25) is 0 Å². The number of aromatic nitrogens is 2. The molecule has 2 aromatic heterocycles. The van der Waals surface area contributed by atoms with E-state index in [1.54, 1.807) is 0 Å². The molecule has 8 heteroatoms. The van der Waals surface area contributed by atoms with E-state index in [-0.39, 0.29) is 11.3 Å². The van der Waals surface area contributed by atoms with Crippen molar-refractivity contribution in [1.29, 1.82) is 0 Å². The summed E-state index contributed by atoms with van der Waals surface area (Å²) in [5, 5.41) is 5.04. The van der Waals surface area contributed by atoms with Crippen LogP contribution in [-0.4, -0.2) is 35.6 Å². The summed E-state index contributed by atoms with van der Waals surface area (Å²) in [6, 6.07) is 10.6. The number of nitrogens with zero attached hydrogens (tertiary/aromatic N) is 2. The Morgan fingerprint density at radius 1 is 1.14 bits per heavy atom. The predicted molar refractivity (Wildman–Crippen MR) is 107 cm³/mol. The van der Waals surface area contributed by atoms with Crippen molar-refractivity contribution < 1.29 is 19.1 Å². The maximum absolute atomic E-state index is 12.3. The molecule has 0 aliphatic rings. The first-order valence-corrected chi connectivity index (χ1v) is 9.53. The number of hydrogen-bond acceptors (Lipinski definition) is 7. The third kappa shape index (κ3) is 4.72. The highest BCUT2D eigenvalue weighted by atomic mass is 32.1. The molecule has 0 saturated heterocycles. The van der Waals surface area contributed by atoms with E-state index in [4.69, 9.17) is 4.74 Å². The van der Waals surface area contributed by atoms with Gasteiger partial charge in [-0.15, -0.1) is 11.3 Å². The van der Waals surface area contributed by atoms with E-state index in [0.29, 0.717) is 11.7 Å². The van der Waals surface area contributed by atoms with E-state index in [9.17, 15) is 9.59 Å². The Labute approximate surface area is 166 Å². The fourth-order valence-electron chi connectivity index (χ4n) is 2.33. The number of nitrogens with one attached hydrogen (secondary N) is 1. The fraction of sp³-hybridized carbons (Fsp3) is 0.200. The molecule has 0 radical (unpaired) electrons. The smallest absolute Gasteiger partial charge is 0.339 e. The van der Waals surface area contributed by atoms with Crippen LogP contribution in [-0.2, 0) is 4.74 Å². The van der Waals surface area contributed by atoms with Gasteiger partial charge in [0.1, 0.15) is 11.4 Å². The quantitative estimate of drug-likeness (QED) is 0.605. The first-order valence-electron chi connectivity index (χ1n) is 8.65. The molecule has 144 valence electrons. The number of anilines is 1. The molecule has 0 fully saturated rings. The normalized spacial score (nSPS) is 10.4. The molecule has 0 saturated carbocycles. The van der Waals surface area contributed by atoms with E-state index in [2.05, 4.69) is 26.9 Å². The number of carbonyl (C=O) groups is 2. The van der Waals surface area contributed by atoms with Crippen LogP contribution in [0.5, 0.6) is 5.75 Å². The average molecular weight is 397 g/mol. The Morgan fingerprint density at radius 2 is 1.93 bits per heavy atom. The van der Waals surface area contributed by atoms with E-state index in [1.165, 1.54) is 36.8 Å². The fourth-order valence-corrected chi connectivity index (χ4v) is 3.05. The lowest BCUT2D eigenvalue weighted by Gasteiger charge is -2.04. The van der Waals surface area contributed by atoms with E-state index in [1.807, 2.05) is 29.6 Å². The summed E-state index contributed by atoms with van der Waals surface area (Å²) in [5.74, 6) is -0.0911. The Bertz CT molecular complexity index is 952. The van der Waals surface area contributed by atoms with Crippen molar-refractivity contribution in [2.75, 3.05) is 19.0 Å². The number of pyridine rings is 1. The van der Waals surface area contributed by atoms with Crippen molar-refractivity contribution >= 4 is 28.3 Å². The molecule has 7 nitrogen and oxygen atoms in total. The molecular formula is C20H19N3O4S. The van der Waals surface area contributed by atoms with Crippen LogP contribution >= 0.6 is 11.3 Å². The standard InChI is InChI=1S/C20H19N3O4S/c1-3-10-27-15-7-4-13(5-8-15)17-12-28-20(22-17)23-18(24)16-9-6-14(11-21-16)19(25)26-2/h4-9,11-12H,3,10H2,1-2H3,(H,22,23,24). The van der Waals surface area contributed by atoms with Crippen LogP contribution in [0.15, 0.2) is 48.0 Å². The van der Waals surface area contributed by atoms with Crippen molar-refractivity contribution in [2.24, 2.45) is 0 Å². The van der Waals surface area contributed by atoms with Gasteiger partial charge in [-0.3, -0.25) is 15.1 Å². The summed E-state index contributed by atoms with van der Waals surface area (Å²) in [7, 11) is 1.29. The summed E-state index contributed by atoms with van der Waals surface area (Å²) >= 11 is 1.32. The minimum Gasteiger partial charge on any atom is -0.494 e. The molecule has 2 heterocycles. The van der Waals surface area contributed by atoms with Gasteiger partial charge in [0, 0.05) is 17.1 Å². The number of ether oxygens (including phenoxy) is 2. The number of methoxy groups -OCH3 is 1. The second-order valence-corrected chi connectivity index (χ2v) is 6.65. The number of hydrogen-bond donors (Lipinski definition) is 1. The number of carbonyl (C=O) groups excluding carboxylic acids is 2. The number of thiazole rings is 1. The highest BCUT2D eigenvalue weighted by Crippen LogP contribution is 2.26. The minimum absolute atomic E-state index is 0.182. The molecule has 1 N–H and O–H groups in total. The predicted octanol–water partition coefficient (Wildman–Crippen LogP) is 4.03. The van der Waals surface area contributed by atoms with Crippen LogP contribution in [0.3, 0.4) is 0 Å². The summed E-state index contributed by atoms with van der Waals surface area (Å²) < 4.78 is 10.2. The van der Waals surface area contributed by atoms with Gasteiger partial charge < -0.3 is 9.47 Å². The van der Waals surface area contributed by atoms with E-state index >= 15 is 0 Å². The van der Waals surface area contributed by atoms with Crippen LogP contribution in [0.1, 0.15) is 34.2 Å². The Balaban J connectivity index is 1.65. The molecule has 1 amide bonds. The third-order valence-corrected chi connectivity index (χ3v) is 4.52. The zero-order chi connectivity index (χ0) is 19.9. The van der Waals surface area contributed by atoms with Crippen molar-refractivity contribution in [3.8, 4) is 17.0 Å². The number of rotatable bonds is 7. The molecule has 1 aromatic carbocycles. The first kappa shape index (κ1) is 19.5. The van der Waals surface area contributed by atoms with Crippen LogP contribution < -0.4 is 10.1 Å². The molecule has 0 aliphatic carbocycles. The van der Waals surface area contributed by atoms with E-state index < -0.39 is 11.9 Å². The average Bonchev–Trinajstić information content (AvgIpc) is 3.20. The molecule has 0 bridgehead atoms. The van der Waals surface area contributed by atoms with Gasteiger partial charge in [-0.05, 0) is 42.8 Å². The van der Waals surface area contributed by atoms with Crippen LogP contribution in [0, 0.1) is 0 Å². The highest BCUT2D eigenvalue weighted by Gasteiger charge is 2.13. The molecule has 0 atom stereocenters. The maximum atomic E-state index is 12.3. The monoisotopic (exact) mass is 397 g/mol. The van der Waals surface area contributed by atoms with Gasteiger partial charge in [0.25, 0.3) is 5.91 Å². The number of esters is 1. The largest absolute Gasteiger partial charge is 0.494 e. The molecule has 0 spiro atoms. The lowest BCUT2D eigenvalue weighted by atomic mass is 10.2. The van der Waals surface area contributed by atoms with Gasteiger partial charge >= 0.3 is 5.97 Å². The van der Waals surface area contributed by atoms with Crippen LogP contribution in [0.25, 0.3) is 11.3 Å². The van der Waals surface area contributed by atoms with Gasteiger partial charge in [-0.25, -0.2) is 9.78 Å². The van der Waals surface area contributed by atoms with Crippen LogP contribution in [0.4, 0.5) is 5.13 Å². The maximum Gasteiger partial charge on any atom is 0.339 e. The molecule has 28 heavy (non-hydrogen) atoms. The van der Waals surface area contributed by atoms with Crippen molar-refractivity contribution in [3.05, 3.63) is 59.2 Å². The summed E-state index contributed by atoms with van der Waals surface area (Å²) in [6.07, 6.45) is 2.26. The summed E-state index contributed by atoms with van der Waals surface area (Å²) in [4.78, 5) is 32.2. The van der Waals surface area contributed by atoms with Gasteiger partial charge in [-0.2, -0.15) is 0 Å². The van der Waals surface area contributed by atoms with Crippen molar-refractivity contribution in [2.45, 2.75) is 13.3 Å². The molecule has 0 aliphatic heterocycles. The Morgan fingerprint density at radius 3 is 2.57 bits per heavy atom. The Hall–Kier alpha value is -3.26. The Kier molecular flexibility index (Phi) is 6.33. The molecular weight excluding hydrogens is 378 g/mol. The zero-order valence-electron chi connectivity index (χ0n) is 15.5. The topological polar surface area (TPSA) is 90.4 Å². The lowest BCUT2D eigenvalue weighted by Crippen LogP contribution is -2.14. The number of amides is 1. The molecule has 3 aromatic rings. The minimum atomic E-state index is -0.505. The van der Waals surface area contributed by atoms with E-state index in [0.717, 1.165) is 23.4 Å². The number of benzene rings is 1. The first-order chi connectivity index (χ1) is 13.6. The third-order valence-electron chi connectivity index (χ3n) is 3.76. The lowest BCUT2D eigenvalue weighted by molar-refractivity contribution is 0.0600. The summed E-state index contributed by atoms with van der Waals surface area (Å²) in [5.41, 5.74) is 2.15. The second-order valence-electron chi connectivity index (χ2n) is 5.79. The van der Waals surface area contributed by atoms with Gasteiger partial charge in [-0.1, -0.05) is 6.92 Å². The SMILES string of the molecule is CCCOc1ccc(-c2csc(NC(=O)c3ccc(C(=O)OC)cn3)n2)cc1. The summed E-state index contributed by atoms with van der Waals surface area (Å²) in [6.45, 7) is 2.74. The molecule has 0 unspecified atom stereocenters. The van der Waals surface area contributed by atoms with Gasteiger partial charge in [0.15, 0.2) is 5.13 Å². The van der Waals surface area contributed by atoms with Gasteiger partial charge in [0.2, 0.25) is 0 Å². The zero-order valence-corrected chi connectivity index (χ0v) is 16.3. The second kappa shape index (κ2) is 9.09. The molecule has 3 rings (SSSR count). The van der Waals surface area contributed by atoms with Gasteiger partial charge in [0.05, 0.1) is 25.0 Å². The van der Waals surface area contributed by atoms with Crippen molar-refractivity contribution in [1.82, 2.24) is 9.97 Å².